The number of hydrogen-bond acceptors (Lipinski definition) is 4. The summed E-state index contributed by atoms with van der Waals surface area (Å²) in [5, 5.41) is 0. The van der Waals surface area contributed by atoms with Crippen LogP contribution < -0.4 is 0 Å². The van der Waals surface area contributed by atoms with Crippen molar-refractivity contribution in [2.45, 2.75) is 42.8 Å². The first-order valence-electron chi connectivity index (χ1n) is 10.1. The summed E-state index contributed by atoms with van der Waals surface area (Å²) in [6, 6.07) is 9.51. The lowest BCUT2D eigenvalue weighted by atomic mass is 9.90. The topological polar surface area (TPSA) is 70.6 Å². The van der Waals surface area contributed by atoms with Crippen molar-refractivity contribution in [3.8, 4) is 0 Å². The van der Waals surface area contributed by atoms with Gasteiger partial charge in [0.2, 0.25) is 15.9 Å². The summed E-state index contributed by atoms with van der Waals surface area (Å²) in [5.41, 5.74) is 0.778. The third-order valence-corrected chi connectivity index (χ3v) is 8.75. The number of hydrogen-bond donors (Lipinski definition) is 0. The molecule has 2 saturated heterocycles. The van der Waals surface area contributed by atoms with E-state index < -0.39 is 16.1 Å². The van der Waals surface area contributed by atoms with Gasteiger partial charge in [-0.15, -0.1) is 6.58 Å². The Morgan fingerprint density at radius 1 is 1.16 bits per heavy atom. The smallest absolute Gasteiger partial charge is 0.244 e. The number of piperidine rings is 1. The molecule has 1 aromatic carbocycles. The van der Waals surface area contributed by atoms with Gasteiger partial charge >= 0.3 is 0 Å². The molecule has 2 fully saturated rings. The van der Waals surface area contributed by atoms with Crippen LogP contribution in [-0.4, -0.2) is 47.1 Å². The highest BCUT2D eigenvalue weighted by atomic mass is 79.9. The van der Waals surface area contributed by atoms with Crippen molar-refractivity contribution in [1.82, 2.24) is 14.2 Å². The number of pyridine rings is 1. The van der Waals surface area contributed by atoms with E-state index in [2.05, 4.69) is 43.4 Å². The summed E-state index contributed by atoms with van der Waals surface area (Å²) >= 11 is 6.76. The summed E-state index contributed by atoms with van der Waals surface area (Å²) in [7, 11) is -3.90. The molecule has 3 heterocycles. The molecule has 0 saturated carbocycles. The third-order valence-electron chi connectivity index (χ3n) is 5.93. The van der Waals surface area contributed by atoms with Gasteiger partial charge in [0.1, 0.15) is 6.04 Å². The van der Waals surface area contributed by atoms with Crippen molar-refractivity contribution >= 4 is 47.8 Å². The van der Waals surface area contributed by atoms with Crippen molar-refractivity contribution in [3.63, 3.8) is 0 Å². The van der Waals surface area contributed by atoms with Crippen molar-refractivity contribution in [2.75, 3.05) is 6.54 Å². The monoisotopic (exact) mass is 567 g/mol. The number of carbonyl (C=O) groups is 1. The number of halogens is 2. The van der Waals surface area contributed by atoms with Crippen LogP contribution in [0.4, 0.5) is 0 Å². The van der Waals surface area contributed by atoms with Gasteiger partial charge in [-0.1, -0.05) is 44.0 Å². The van der Waals surface area contributed by atoms with Gasteiger partial charge in [-0.25, -0.2) is 8.42 Å². The molecule has 4 rings (SSSR count). The van der Waals surface area contributed by atoms with Gasteiger partial charge in [-0.2, -0.15) is 4.31 Å². The van der Waals surface area contributed by atoms with Gasteiger partial charge in [0.25, 0.3) is 0 Å². The number of carbonyl (C=O) groups excluding carboxylic acids is 1. The zero-order valence-corrected chi connectivity index (χ0v) is 20.8. The zero-order valence-electron chi connectivity index (χ0n) is 16.8. The molecule has 2 bridgehead atoms. The molecule has 6 nitrogen and oxygen atoms in total. The molecule has 0 spiro atoms. The fourth-order valence-electron chi connectivity index (χ4n) is 4.52. The van der Waals surface area contributed by atoms with Gasteiger partial charge in [0.05, 0.1) is 17.1 Å². The summed E-state index contributed by atoms with van der Waals surface area (Å²) in [4.78, 5) is 19.8. The van der Waals surface area contributed by atoms with Gasteiger partial charge in [-0.3, -0.25) is 9.78 Å². The maximum atomic E-state index is 13.8. The largest absolute Gasteiger partial charge is 0.335 e. The Morgan fingerprint density at radius 2 is 1.90 bits per heavy atom. The number of rotatable bonds is 5. The normalized spacial score (nSPS) is 24.6. The number of sulfonamides is 1. The summed E-state index contributed by atoms with van der Waals surface area (Å²) in [6.45, 7) is 4.74. The molecule has 2 aliphatic rings. The Bertz CT molecular complexity index is 1070. The molecule has 9 heteroatoms. The van der Waals surface area contributed by atoms with E-state index in [4.69, 9.17) is 0 Å². The third kappa shape index (κ3) is 4.51. The molecule has 0 aliphatic carbocycles. The minimum Gasteiger partial charge on any atom is -0.335 e. The van der Waals surface area contributed by atoms with E-state index in [1.165, 1.54) is 4.31 Å². The Morgan fingerprint density at radius 3 is 2.55 bits per heavy atom. The first-order valence-corrected chi connectivity index (χ1v) is 13.1. The van der Waals surface area contributed by atoms with Crippen molar-refractivity contribution < 1.29 is 13.2 Å². The van der Waals surface area contributed by atoms with E-state index in [9.17, 15) is 13.2 Å². The first kappa shape index (κ1) is 22.6. The number of amides is 1. The standard InChI is InChI=1S/C22H23Br2N3O3S/c1-2-15-13-26(14-18-6-3-4-9-25-18)22(28)21-8-5-7-20(15)27(21)31(29,30)19-11-16(23)10-17(24)12-19/h2-4,6,9-12,15,20-21H,1,5,7-8,13-14H2/t15-,20-,21+/m1/s1. The van der Waals surface area contributed by atoms with Gasteiger partial charge in [0.15, 0.2) is 0 Å². The second-order valence-corrected chi connectivity index (χ2v) is 11.6. The van der Waals surface area contributed by atoms with Crippen LogP contribution in [0.15, 0.2) is 69.1 Å². The van der Waals surface area contributed by atoms with Crippen molar-refractivity contribution in [3.05, 3.63) is 69.9 Å². The van der Waals surface area contributed by atoms with Crippen LogP contribution in [0.2, 0.25) is 0 Å². The summed E-state index contributed by atoms with van der Waals surface area (Å²) < 4.78 is 30.4. The molecule has 0 unspecified atom stereocenters. The van der Waals surface area contributed by atoms with E-state index >= 15 is 0 Å². The molecule has 1 amide bonds. The van der Waals surface area contributed by atoms with Crippen LogP contribution >= 0.6 is 31.9 Å². The Hall–Kier alpha value is -1.55. The zero-order chi connectivity index (χ0) is 22.2. The molecule has 2 aliphatic heterocycles. The summed E-state index contributed by atoms with van der Waals surface area (Å²) in [6.07, 6.45) is 5.49. The molecule has 1 aromatic heterocycles. The molecule has 0 N–H and O–H groups in total. The SMILES string of the molecule is C=C[C@@H]1CN(Cc2ccccn2)C(=O)[C@@H]2CCC[C@H]1N2S(=O)(=O)c1cc(Br)cc(Br)c1. The lowest BCUT2D eigenvalue weighted by Crippen LogP contribution is -2.54. The van der Waals surface area contributed by atoms with Gasteiger partial charge in [-0.05, 0) is 49.6 Å². The van der Waals surface area contributed by atoms with Crippen LogP contribution in [0.1, 0.15) is 25.0 Å². The van der Waals surface area contributed by atoms with Crippen molar-refractivity contribution in [1.29, 1.82) is 0 Å². The molecule has 3 atom stereocenters. The highest BCUT2D eigenvalue weighted by Gasteiger charge is 2.49. The maximum absolute atomic E-state index is 13.8. The van der Waals surface area contributed by atoms with Gasteiger partial charge < -0.3 is 4.90 Å². The molecular weight excluding hydrogens is 546 g/mol. The fourth-order valence-corrected chi connectivity index (χ4v) is 8.06. The first-order chi connectivity index (χ1) is 14.8. The average molecular weight is 569 g/mol. The Labute approximate surface area is 199 Å². The average Bonchev–Trinajstić information content (AvgIpc) is 2.81. The predicted octanol–water partition coefficient (Wildman–Crippen LogP) is 4.36. The fraction of sp³-hybridized carbons (Fsp3) is 0.364. The highest BCUT2D eigenvalue weighted by Crippen LogP contribution is 2.38. The highest BCUT2D eigenvalue weighted by molar-refractivity contribution is 9.11. The second-order valence-electron chi connectivity index (χ2n) is 7.89. The van der Waals surface area contributed by atoms with Crippen LogP contribution in [-0.2, 0) is 21.4 Å². The molecule has 164 valence electrons. The van der Waals surface area contributed by atoms with E-state index in [0.717, 1.165) is 12.1 Å². The van der Waals surface area contributed by atoms with Gasteiger partial charge in [0, 0.05) is 33.6 Å². The molecule has 2 aromatic rings. The quantitative estimate of drug-likeness (QED) is 0.502. The molecule has 0 radical (unpaired) electrons. The summed E-state index contributed by atoms with van der Waals surface area (Å²) in [5.74, 6) is -0.333. The minimum absolute atomic E-state index is 0.164. The number of aromatic nitrogens is 1. The predicted molar refractivity (Wildman–Crippen MR) is 126 cm³/mol. The van der Waals surface area contributed by atoms with E-state index in [1.54, 1.807) is 35.4 Å². The number of benzene rings is 1. The van der Waals surface area contributed by atoms with Crippen LogP contribution in [0.3, 0.4) is 0 Å². The second kappa shape index (κ2) is 9.13. The van der Waals surface area contributed by atoms with E-state index in [-0.39, 0.29) is 22.8 Å². The lowest BCUT2D eigenvalue weighted by Gasteiger charge is -2.40. The Kier molecular flexibility index (Phi) is 6.67. The van der Waals surface area contributed by atoms with Crippen LogP contribution in [0.25, 0.3) is 0 Å². The van der Waals surface area contributed by atoms with Crippen molar-refractivity contribution in [2.24, 2.45) is 5.92 Å². The maximum Gasteiger partial charge on any atom is 0.244 e. The van der Waals surface area contributed by atoms with E-state index in [0.29, 0.717) is 34.9 Å². The Balaban J connectivity index is 1.76. The lowest BCUT2D eigenvalue weighted by molar-refractivity contribution is -0.135. The molecular formula is C22H23Br2N3O3S. The minimum atomic E-state index is -3.90. The van der Waals surface area contributed by atoms with Crippen LogP contribution in [0, 0.1) is 5.92 Å². The van der Waals surface area contributed by atoms with E-state index in [1.807, 2.05) is 18.2 Å². The number of nitrogens with zero attached hydrogens (tertiary/aromatic N) is 3. The molecule has 31 heavy (non-hydrogen) atoms. The number of fused-ring (bicyclic) bond motifs is 2. The van der Waals surface area contributed by atoms with Crippen LogP contribution in [0.5, 0.6) is 0 Å².